The third-order valence-corrected chi connectivity index (χ3v) is 3.20. The molecule has 0 spiro atoms. The van der Waals surface area contributed by atoms with Crippen LogP contribution in [0.3, 0.4) is 0 Å². The van der Waals surface area contributed by atoms with Crippen LogP contribution in [0, 0.1) is 0 Å². The molecule has 0 amide bonds. The van der Waals surface area contributed by atoms with Gasteiger partial charge in [-0.1, -0.05) is 73.3 Å². The van der Waals surface area contributed by atoms with Gasteiger partial charge in [0, 0.05) is 0 Å². The summed E-state index contributed by atoms with van der Waals surface area (Å²) < 4.78 is 0. The van der Waals surface area contributed by atoms with Gasteiger partial charge in [-0.15, -0.1) is 0 Å². The molecular formula is C19H20. The van der Waals surface area contributed by atoms with Gasteiger partial charge in [-0.3, -0.25) is 0 Å². The largest absolute Gasteiger partial charge is 0.0998 e. The monoisotopic (exact) mass is 248 g/mol. The van der Waals surface area contributed by atoms with Gasteiger partial charge in [0.2, 0.25) is 0 Å². The zero-order chi connectivity index (χ0) is 13.7. The average molecular weight is 248 g/mol. The van der Waals surface area contributed by atoms with Crippen LogP contribution in [0.15, 0.2) is 67.3 Å². The highest BCUT2D eigenvalue weighted by Gasteiger charge is 2.01. The molecule has 19 heavy (non-hydrogen) atoms. The van der Waals surface area contributed by atoms with Crippen molar-refractivity contribution in [2.75, 3.05) is 0 Å². The summed E-state index contributed by atoms with van der Waals surface area (Å²) >= 11 is 0. The van der Waals surface area contributed by atoms with E-state index < -0.39 is 0 Å². The molecule has 0 nitrogen and oxygen atoms in total. The lowest BCUT2D eigenvalue weighted by Gasteiger charge is -2.07. The third-order valence-electron chi connectivity index (χ3n) is 3.20. The molecule has 0 bridgehead atoms. The molecule has 0 unspecified atom stereocenters. The van der Waals surface area contributed by atoms with Gasteiger partial charge in [-0.05, 0) is 42.0 Å². The second kappa shape index (κ2) is 6.19. The Morgan fingerprint density at radius 3 is 2.26 bits per heavy atom. The van der Waals surface area contributed by atoms with E-state index in [1.54, 1.807) is 0 Å². The topological polar surface area (TPSA) is 0 Å². The second-order valence-electron chi connectivity index (χ2n) is 5.03. The molecule has 0 heterocycles. The van der Waals surface area contributed by atoms with E-state index in [0.29, 0.717) is 0 Å². The first-order valence-electron chi connectivity index (χ1n) is 6.61. The van der Waals surface area contributed by atoms with E-state index in [1.807, 2.05) is 6.08 Å². The highest BCUT2D eigenvalue weighted by atomic mass is 14.1. The molecule has 0 fully saturated rings. The third kappa shape index (κ3) is 3.69. The van der Waals surface area contributed by atoms with E-state index in [-0.39, 0.29) is 0 Å². The van der Waals surface area contributed by atoms with Crippen molar-refractivity contribution >= 4 is 6.08 Å². The Morgan fingerprint density at radius 2 is 1.63 bits per heavy atom. The van der Waals surface area contributed by atoms with Crippen molar-refractivity contribution < 1.29 is 0 Å². The SMILES string of the molecule is C=Cc1ccccc1Cc1ccc(CC(=C)C)cc1. The highest BCUT2D eigenvalue weighted by Crippen LogP contribution is 2.16. The summed E-state index contributed by atoms with van der Waals surface area (Å²) in [5.41, 5.74) is 6.40. The van der Waals surface area contributed by atoms with Crippen molar-refractivity contribution in [1.29, 1.82) is 0 Å². The summed E-state index contributed by atoms with van der Waals surface area (Å²) in [6.07, 6.45) is 3.84. The Balaban J connectivity index is 2.15. The van der Waals surface area contributed by atoms with Crippen molar-refractivity contribution in [1.82, 2.24) is 0 Å². The van der Waals surface area contributed by atoms with Gasteiger partial charge in [0.25, 0.3) is 0 Å². The zero-order valence-corrected chi connectivity index (χ0v) is 11.5. The maximum Gasteiger partial charge on any atom is -0.00198 e. The predicted octanol–water partition coefficient (Wildman–Crippen LogP) is 5.04. The minimum atomic E-state index is 0.954. The molecule has 2 rings (SSSR count). The van der Waals surface area contributed by atoms with E-state index in [0.717, 1.165) is 12.8 Å². The average Bonchev–Trinajstić information content (AvgIpc) is 2.41. The Bertz CT molecular complexity index is 573. The lowest BCUT2D eigenvalue weighted by atomic mass is 9.98. The molecule has 0 radical (unpaired) electrons. The van der Waals surface area contributed by atoms with Crippen LogP contribution in [0.4, 0.5) is 0 Å². The molecule has 0 N–H and O–H groups in total. The molecule has 0 saturated heterocycles. The van der Waals surface area contributed by atoms with Gasteiger partial charge in [0.1, 0.15) is 0 Å². The molecule has 0 aliphatic rings. The fraction of sp³-hybridized carbons (Fsp3) is 0.158. The van der Waals surface area contributed by atoms with Gasteiger partial charge in [-0.25, -0.2) is 0 Å². The normalized spacial score (nSPS) is 10.2. The Hall–Kier alpha value is -2.08. The maximum atomic E-state index is 3.95. The Kier molecular flexibility index (Phi) is 4.35. The van der Waals surface area contributed by atoms with Crippen LogP contribution < -0.4 is 0 Å². The van der Waals surface area contributed by atoms with E-state index >= 15 is 0 Å². The van der Waals surface area contributed by atoms with Crippen molar-refractivity contribution in [3.63, 3.8) is 0 Å². The molecule has 2 aromatic carbocycles. The number of hydrogen-bond acceptors (Lipinski definition) is 0. The van der Waals surface area contributed by atoms with Crippen molar-refractivity contribution in [3.8, 4) is 0 Å². The minimum Gasteiger partial charge on any atom is -0.0998 e. The standard InChI is InChI=1S/C19H20/c1-4-18-7-5-6-8-19(18)14-17-11-9-16(10-12-17)13-15(2)3/h4-12H,1-2,13-14H2,3H3. The summed E-state index contributed by atoms with van der Waals surface area (Å²) in [6.45, 7) is 9.89. The van der Waals surface area contributed by atoms with Crippen LogP contribution in [0.1, 0.15) is 29.2 Å². The van der Waals surface area contributed by atoms with Crippen LogP contribution in [0.2, 0.25) is 0 Å². The van der Waals surface area contributed by atoms with Gasteiger partial charge in [0.15, 0.2) is 0 Å². The molecule has 0 aliphatic carbocycles. The van der Waals surface area contributed by atoms with Crippen molar-refractivity contribution in [2.24, 2.45) is 0 Å². The number of allylic oxidation sites excluding steroid dienone is 1. The summed E-state index contributed by atoms with van der Waals surface area (Å²) in [5, 5.41) is 0. The maximum absolute atomic E-state index is 3.95. The first kappa shape index (κ1) is 13.4. The predicted molar refractivity (Wildman–Crippen MR) is 84.3 cm³/mol. The first-order valence-corrected chi connectivity index (χ1v) is 6.61. The molecular weight excluding hydrogens is 228 g/mol. The lowest BCUT2D eigenvalue weighted by molar-refractivity contribution is 1.13. The molecule has 0 aliphatic heterocycles. The van der Waals surface area contributed by atoms with Gasteiger partial charge in [-0.2, -0.15) is 0 Å². The van der Waals surface area contributed by atoms with Gasteiger partial charge < -0.3 is 0 Å². The van der Waals surface area contributed by atoms with Gasteiger partial charge >= 0.3 is 0 Å². The Labute approximate surface area is 116 Å². The van der Waals surface area contributed by atoms with E-state index in [1.165, 1.54) is 27.8 Å². The van der Waals surface area contributed by atoms with Crippen LogP contribution in [-0.2, 0) is 12.8 Å². The zero-order valence-electron chi connectivity index (χ0n) is 11.5. The van der Waals surface area contributed by atoms with Crippen LogP contribution in [-0.4, -0.2) is 0 Å². The minimum absolute atomic E-state index is 0.954. The quantitative estimate of drug-likeness (QED) is 0.650. The molecule has 0 atom stereocenters. The first-order chi connectivity index (χ1) is 9.19. The van der Waals surface area contributed by atoms with E-state index in [9.17, 15) is 0 Å². The number of benzene rings is 2. The molecule has 96 valence electrons. The van der Waals surface area contributed by atoms with Crippen molar-refractivity contribution in [2.45, 2.75) is 19.8 Å². The van der Waals surface area contributed by atoms with E-state index in [4.69, 9.17) is 0 Å². The van der Waals surface area contributed by atoms with Crippen LogP contribution in [0.5, 0.6) is 0 Å². The number of rotatable bonds is 5. The summed E-state index contributed by atoms with van der Waals surface area (Å²) in [7, 11) is 0. The van der Waals surface area contributed by atoms with Crippen molar-refractivity contribution in [3.05, 3.63) is 89.5 Å². The highest BCUT2D eigenvalue weighted by molar-refractivity contribution is 5.52. The lowest BCUT2D eigenvalue weighted by Crippen LogP contribution is -1.92. The summed E-state index contributed by atoms with van der Waals surface area (Å²) in [4.78, 5) is 0. The number of hydrogen-bond donors (Lipinski definition) is 0. The van der Waals surface area contributed by atoms with E-state index in [2.05, 4.69) is 68.6 Å². The summed E-state index contributed by atoms with van der Waals surface area (Å²) in [5.74, 6) is 0. The fourth-order valence-corrected chi connectivity index (χ4v) is 2.24. The van der Waals surface area contributed by atoms with Crippen LogP contribution in [0.25, 0.3) is 6.08 Å². The van der Waals surface area contributed by atoms with Crippen LogP contribution >= 0.6 is 0 Å². The Morgan fingerprint density at radius 1 is 1.00 bits per heavy atom. The molecule has 0 aromatic heterocycles. The second-order valence-corrected chi connectivity index (χ2v) is 5.03. The molecule has 0 saturated carbocycles. The molecule has 2 aromatic rings. The summed E-state index contributed by atoms with van der Waals surface area (Å²) in [6, 6.07) is 17.2. The molecule has 0 heteroatoms. The van der Waals surface area contributed by atoms with Gasteiger partial charge in [0.05, 0.1) is 0 Å². The smallest absolute Gasteiger partial charge is 0.00198 e. The fourth-order valence-electron chi connectivity index (χ4n) is 2.24.